The highest BCUT2D eigenvalue weighted by Crippen LogP contribution is 2.21. The maximum atomic E-state index is 11.8. The molecule has 1 aliphatic heterocycles. The summed E-state index contributed by atoms with van der Waals surface area (Å²) in [4.78, 5) is 14.1. The molecule has 6 heteroatoms. The van der Waals surface area contributed by atoms with E-state index in [1.165, 1.54) is 5.69 Å². The zero-order valence-electron chi connectivity index (χ0n) is 14.9. The molecule has 1 saturated heterocycles. The van der Waals surface area contributed by atoms with Crippen LogP contribution in [0, 0.1) is 0 Å². The van der Waals surface area contributed by atoms with Crippen molar-refractivity contribution in [3.05, 3.63) is 29.8 Å². The number of carbonyl (C=O) groups is 1. The summed E-state index contributed by atoms with van der Waals surface area (Å²) in [5.74, 6) is 0.0660. The molecule has 0 bridgehead atoms. The summed E-state index contributed by atoms with van der Waals surface area (Å²) in [6.07, 6.45) is -0.411. The molecule has 2 rings (SSSR count). The lowest BCUT2D eigenvalue weighted by molar-refractivity contribution is 0.0525. The number of ether oxygens (including phenoxy) is 2. The zero-order chi connectivity index (χ0) is 17.6. The Balaban J connectivity index is 1.91. The second kappa shape index (κ2) is 8.35. The first-order valence-corrected chi connectivity index (χ1v) is 8.48. The van der Waals surface area contributed by atoms with Gasteiger partial charge in [-0.15, -0.1) is 0 Å². The third-order valence-corrected chi connectivity index (χ3v) is 3.92. The highest BCUT2D eigenvalue weighted by Gasteiger charge is 2.18. The number of hydrogen-bond donors (Lipinski definition) is 2. The van der Waals surface area contributed by atoms with Crippen LogP contribution >= 0.6 is 0 Å². The highest BCUT2D eigenvalue weighted by atomic mass is 16.6. The van der Waals surface area contributed by atoms with Gasteiger partial charge in [0.05, 0.1) is 13.2 Å². The van der Waals surface area contributed by atoms with Crippen LogP contribution < -0.4 is 16.0 Å². The quantitative estimate of drug-likeness (QED) is 0.862. The zero-order valence-corrected chi connectivity index (χ0v) is 14.9. The summed E-state index contributed by atoms with van der Waals surface area (Å²) >= 11 is 0. The standard InChI is InChI=1S/C18H29N3O3/c1-18(2,3)24-17(22)20-13-15(12-19)14-4-6-16(7-5-14)21-8-10-23-11-9-21/h4-7,15H,8-13,19H2,1-3H3,(H,20,22). The van der Waals surface area contributed by atoms with Gasteiger partial charge in [-0.05, 0) is 38.5 Å². The fraction of sp³-hybridized carbons (Fsp3) is 0.611. The van der Waals surface area contributed by atoms with Crippen LogP contribution in [0.5, 0.6) is 0 Å². The number of alkyl carbamates (subject to hydrolysis) is 1. The number of hydrogen-bond acceptors (Lipinski definition) is 5. The number of morpholine rings is 1. The second-order valence-corrected chi connectivity index (χ2v) is 7.01. The Hall–Kier alpha value is -1.79. The molecule has 1 amide bonds. The number of anilines is 1. The number of carbonyl (C=O) groups excluding carboxylic acids is 1. The van der Waals surface area contributed by atoms with Gasteiger partial charge in [0.1, 0.15) is 5.60 Å². The molecule has 0 spiro atoms. The summed E-state index contributed by atoms with van der Waals surface area (Å²) in [6, 6.07) is 8.38. The molecule has 1 atom stereocenters. The van der Waals surface area contributed by atoms with Crippen LogP contribution in [0.1, 0.15) is 32.3 Å². The number of nitrogens with one attached hydrogen (secondary N) is 1. The molecule has 1 aromatic carbocycles. The van der Waals surface area contributed by atoms with Crippen LogP contribution in [-0.2, 0) is 9.47 Å². The molecule has 1 aliphatic rings. The van der Waals surface area contributed by atoms with E-state index in [0.29, 0.717) is 13.1 Å². The van der Waals surface area contributed by atoms with Gasteiger partial charge < -0.3 is 25.4 Å². The molecule has 0 aliphatic carbocycles. The van der Waals surface area contributed by atoms with Gasteiger partial charge in [-0.3, -0.25) is 0 Å². The largest absolute Gasteiger partial charge is 0.444 e. The maximum Gasteiger partial charge on any atom is 0.407 e. The average molecular weight is 335 g/mol. The van der Waals surface area contributed by atoms with Gasteiger partial charge in [0.25, 0.3) is 0 Å². The Morgan fingerprint density at radius 2 is 1.92 bits per heavy atom. The molecule has 1 aromatic rings. The normalized spacial score (nSPS) is 16.6. The van der Waals surface area contributed by atoms with Crippen LogP contribution in [0.4, 0.5) is 10.5 Å². The first kappa shape index (κ1) is 18.5. The van der Waals surface area contributed by atoms with Gasteiger partial charge in [0, 0.05) is 37.8 Å². The molecular formula is C18H29N3O3. The van der Waals surface area contributed by atoms with E-state index < -0.39 is 11.7 Å². The van der Waals surface area contributed by atoms with Crippen LogP contribution in [-0.4, -0.2) is 51.1 Å². The monoisotopic (exact) mass is 335 g/mol. The number of amides is 1. The number of benzene rings is 1. The van der Waals surface area contributed by atoms with E-state index >= 15 is 0 Å². The lowest BCUT2D eigenvalue weighted by Gasteiger charge is -2.29. The number of rotatable bonds is 5. The van der Waals surface area contributed by atoms with Crippen molar-refractivity contribution in [3.63, 3.8) is 0 Å². The van der Waals surface area contributed by atoms with Gasteiger partial charge in [0.15, 0.2) is 0 Å². The van der Waals surface area contributed by atoms with Crippen LogP contribution in [0.2, 0.25) is 0 Å². The van der Waals surface area contributed by atoms with E-state index in [-0.39, 0.29) is 5.92 Å². The molecule has 1 heterocycles. The average Bonchev–Trinajstić information content (AvgIpc) is 2.55. The smallest absolute Gasteiger partial charge is 0.407 e. The van der Waals surface area contributed by atoms with Gasteiger partial charge in [-0.2, -0.15) is 0 Å². The first-order chi connectivity index (χ1) is 11.4. The van der Waals surface area contributed by atoms with Crippen molar-refractivity contribution in [2.45, 2.75) is 32.3 Å². The van der Waals surface area contributed by atoms with Crippen molar-refractivity contribution >= 4 is 11.8 Å². The van der Waals surface area contributed by atoms with Crippen molar-refractivity contribution in [3.8, 4) is 0 Å². The third-order valence-electron chi connectivity index (χ3n) is 3.92. The predicted molar refractivity (Wildman–Crippen MR) is 95.5 cm³/mol. The Morgan fingerprint density at radius 3 is 2.46 bits per heavy atom. The SMILES string of the molecule is CC(C)(C)OC(=O)NCC(CN)c1ccc(N2CCOCC2)cc1. The summed E-state index contributed by atoms with van der Waals surface area (Å²) in [6.45, 7) is 9.83. The molecule has 3 N–H and O–H groups in total. The van der Waals surface area contributed by atoms with E-state index in [0.717, 1.165) is 31.9 Å². The van der Waals surface area contributed by atoms with Crippen LogP contribution in [0.3, 0.4) is 0 Å². The lowest BCUT2D eigenvalue weighted by Crippen LogP contribution is -2.36. The van der Waals surface area contributed by atoms with Gasteiger partial charge in [0.2, 0.25) is 0 Å². The van der Waals surface area contributed by atoms with E-state index in [4.69, 9.17) is 15.2 Å². The van der Waals surface area contributed by atoms with Crippen LogP contribution in [0.25, 0.3) is 0 Å². The lowest BCUT2D eigenvalue weighted by atomic mass is 9.99. The highest BCUT2D eigenvalue weighted by molar-refractivity contribution is 5.67. The Morgan fingerprint density at radius 1 is 1.29 bits per heavy atom. The van der Waals surface area contributed by atoms with Crippen molar-refractivity contribution in [1.82, 2.24) is 5.32 Å². The maximum absolute atomic E-state index is 11.8. The van der Waals surface area contributed by atoms with E-state index in [1.54, 1.807) is 0 Å². The van der Waals surface area contributed by atoms with Crippen molar-refractivity contribution in [2.24, 2.45) is 5.73 Å². The summed E-state index contributed by atoms with van der Waals surface area (Å²) in [5.41, 5.74) is 7.69. The summed E-state index contributed by atoms with van der Waals surface area (Å²) in [5, 5.41) is 2.80. The molecule has 1 fully saturated rings. The molecule has 0 saturated carbocycles. The van der Waals surface area contributed by atoms with E-state index in [2.05, 4.69) is 34.5 Å². The third kappa shape index (κ3) is 5.69. The van der Waals surface area contributed by atoms with Crippen LogP contribution in [0.15, 0.2) is 24.3 Å². The molecule has 134 valence electrons. The van der Waals surface area contributed by atoms with Crippen molar-refractivity contribution in [1.29, 1.82) is 0 Å². The number of nitrogens with zero attached hydrogens (tertiary/aromatic N) is 1. The molecule has 0 radical (unpaired) electrons. The molecule has 1 unspecified atom stereocenters. The van der Waals surface area contributed by atoms with E-state index in [1.807, 2.05) is 20.8 Å². The summed E-state index contributed by atoms with van der Waals surface area (Å²) < 4.78 is 10.6. The Kier molecular flexibility index (Phi) is 6.45. The topological polar surface area (TPSA) is 76.8 Å². The fourth-order valence-corrected chi connectivity index (χ4v) is 2.64. The second-order valence-electron chi connectivity index (χ2n) is 7.01. The van der Waals surface area contributed by atoms with E-state index in [9.17, 15) is 4.79 Å². The molecular weight excluding hydrogens is 306 g/mol. The Bertz CT molecular complexity index is 519. The Labute approximate surface area is 144 Å². The minimum Gasteiger partial charge on any atom is -0.444 e. The molecule has 0 aromatic heterocycles. The van der Waals surface area contributed by atoms with Gasteiger partial charge in [-0.25, -0.2) is 4.79 Å². The van der Waals surface area contributed by atoms with Crippen molar-refractivity contribution in [2.75, 3.05) is 44.3 Å². The fourth-order valence-electron chi connectivity index (χ4n) is 2.64. The minimum absolute atomic E-state index is 0.0660. The molecule has 6 nitrogen and oxygen atoms in total. The summed E-state index contributed by atoms with van der Waals surface area (Å²) in [7, 11) is 0. The number of nitrogens with two attached hydrogens (primary N) is 1. The van der Waals surface area contributed by atoms with Gasteiger partial charge >= 0.3 is 6.09 Å². The molecule has 24 heavy (non-hydrogen) atoms. The minimum atomic E-state index is -0.498. The first-order valence-electron chi connectivity index (χ1n) is 8.48. The van der Waals surface area contributed by atoms with Crippen molar-refractivity contribution < 1.29 is 14.3 Å². The predicted octanol–water partition coefficient (Wildman–Crippen LogP) is 2.09. The van der Waals surface area contributed by atoms with Gasteiger partial charge in [-0.1, -0.05) is 12.1 Å².